The number of nitro groups is 1. The predicted octanol–water partition coefficient (Wildman–Crippen LogP) is 5.20. The fourth-order valence-electron chi connectivity index (χ4n) is 3.85. The van der Waals surface area contributed by atoms with Crippen LogP contribution in [-0.2, 0) is 20.8 Å². The van der Waals surface area contributed by atoms with Gasteiger partial charge >= 0.3 is 18.3 Å². The Bertz CT molecular complexity index is 1070. The van der Waals surface area contributed by atoms with Gasteiger partial charge in [-0.05, 0) is 37.0 Å². The number of hydrogen-bond donors (Lipinski definition) is 1. The molecule has 0 unspecified atom stereocenters. The Morgan fingerprint density at radius 2 is 1.62 bits per heavy atom. The average Bonchev–Trinajstić information content (AvgIpc) is 2.94. The molecule has 2 aromatic rings. The number of benzene rings is 2. The minimum absolute atomic E-state index is 0.0993. The molecule has 0 aliphatic carbocycles. The summed E-state index contributed by atoms with van der Waals surface area (Å²) in [5, 5.41) is 13.4. The van der Waals surface area contributed by atoms with Gasteiger partial charge in [-0.2, -0.15) is 0 Å². The van der Waals surface area contributed by atoms with Crippen LogP contribution in [0.15, 0.2) is 54.6 Å². The van der Waals surface area contributed by atoms with Crippen molar-refractivity contribution in [3.63, 3.8) is 0 Å². The van der Waals surface area contributed by atoms with E-state index < -0.39 is 17.2 Å². The van der Waals surface area contributed by atoms with Crippen LogP contribution in [0.4, 0.5) is 20.1 Å². The summed E-state index contributed by atoms with van der Waals surface area (Å²) in [6.45, 7) is 1.80. The third-order valence-corrected chi connectivity index (χ3v) is 5.99. The number of hydrogen-bond acceptors (Lipinski definition) is 9. The summed E-state index contributed by atoms with van der Waals surface area (Å²) in [5.41, 5.74) is 0.827. The number of non-ortho nitro benzene ring substituents is 1. The lowest BCUT2D eigenvalue weighted by Gasteiger charge is -2.31. The molecule has 39 heavy (non-hydrogen) atoms. The van der Waals surface area contributed by atoms with Crippen molar-refractivity contribution in [3.05, 3.63) is 70.3 Å². The summed E-state index contributed by atoms with van der Waals surface area (Å²) in [5.74, 6) is 0.162. The highest BCUT2D eigenvalue weighted by atomic mass is 16.7. The number of ether oxygens (including phenoxy) is 4. The molecule has 1 saturated heterocycles. The maximum atomic E-state index is 12.2. The minimum Gasteiger partial charge on any atom is -0.446 e. The SMILES string of the molecule is O=C(NCCCCCCOC(=O)Oc1ccc([N+](=O)[O-])cc1)OC1CCN(C(=O)OCc2ccccc2)CC1. The van der Waals surface area contributed by atoms with E-state index in [-0.39, 0.29) is 36.8 Å². The second kappa shape index (κ2) is 15.8. The molecule has 1 N–H and O–H groups in total. The number of likely N-dealkylation sites (tertiary alicyclic amines) is 1. The van der Waals surface area contributed by atoms with Crippen LogP contribution in [0.5, 0.6) is 5.75 Å². The van der Waals surface area contributed by atoms with E-state index in [4.69, 9.17) is 18.9 Å². The van der Waals surface area contributed by atoms with E-state index in [0.29, 0.717) is 38.9 Å². The molecule has 2 aromatic carbocycles. The van der Waals surface area contributed by atoms with Crippen molar-refractivity contribution in [2.75, 3.05) is 26.2 Å². The quantitative estimate of drug-likeness (QED) is 0.0953. The zero-order valence-corrected chi connectivity index (χ0v) is 21.6. The Hall–Kier alpha value is -4.35. The van der Waals surface area contributed by atoms with Crippen LogP contribution >= 0.6 is 0 Å². The zero-order valence-electron chi connectivity index (χ0n) is 21.6. The fraction of sp³-hybridized carbons (Fsp3) is 0.444. The Morgan fingerprint density at radius 1 is 0.923 bits per heavy atom. The summed E-state index contributed by atoms with van der Waals surface area (Å²) < 4.78 is 20.8. The summed E-state index contributed by atoms with van der Waals surface area (Å²) in [6.07, 6.45) is 2.15. The highest BCUT2D eigenvalue weighted by molar-refractivity contribution is 5.68. The summed E-state index contributed by atoms with van der Waals surface area (Å²) >= 11 is 0. The first-order valence-electron chi connectivity index (χ1n) is 12.9. The second-order valence-electron chi connectivity index (χ2n) is 8.92. The van der Waals surface area contributed by atoms with E-state index in [9.17, 15) is 24.5 Å². The summed E-state index contributed by atoms with van der Waals surface area (Å²) in [4.78, 5) is 47.7. The monoisotopic (exact) mass is 543 g/mol. The number of unbranched alkanes of at least 4 members (excludes halogenated alkanes) is 3. The molecule has 0 aromatic heterocycles. The number of piperidine rings is 1. The fourth-order valence-corrected chi connectivity index (χ4v) is 3.85. The van der Waals surface area contributed by atoms with Crippen molar-refractivity contribution in [3.8, 4) is 5.75 Å². The van der Waals surface area contributed by atoms with Gasteiger partial charge in [-0.3, -0.25) is 10.1 Å². The molecule has 210 valence electrons. The van der Waals surface area contributed by atoms with Crippen LogP contribution in [0.25, 0.3) is 0 Å². The van der Waals surface area contributed by atoms with E-state index in [0.717, 1.165) is 24.8 Å². The van der Waals surface area contributed by atoms with Crippen molar-refractivity contribution >= 4 is 24.0 Å². The van der Waals surface area contributed by atoms with Crippen molar-refractivity contribution in [2.45, 2.75) is 51.2 Å². The van der Waals surface area contributed by atoms with Crippen molar-refractivity contribution in [1.29, 1.82) is 0 Å². The van der Waals surface area contributed by atoms with Crippen LogP contribution in [-0.4, -0.2) is 60.5 Å². The van der Waals surface area contributed by atoms with Crippen LogP contribution in [0, 0.1) is 10.1 Å². The third-order valence-electron chi connectivity index (χ3n) is 5.99. The normalized spacial score (nSPS) is 13.3. The molecule has 1 fully saturated rings. The molecule has 0 radical (unpaired) electrons. The molecular formula is C27H33N3O9. The van der Waals surface area contributed by atoms with Crippen LogP contribution < -0.4 is 10.1 Å². The van der Waals surface area contributed by atoms with Crippen LogP contribution in [0.1, 0.15) is 44.1 Å². The van der Waals surface area contributed by atoms with Crippen molar-refractivity contribution in [2.24, 2.45) is 0 Å². The van der Waals surface area contributed by atoms with Gasteiger partial charge in [0.05, 0.1) is 11.5 Å². The minimum atomic E-state index is -0.872. The van der Waals surface area contributed by atoms with Crippen molar-refractivity contribution < 1.29 is 38.3 Å². The van der Waals surface area contributed by atoms with Gasteiger partial charge in [-0.15, -0.1) is 0 Å². The van der Waals surface area contributed by atoms with Crippen molar-refractivity contribution in [1.82, 2.24) is 10.2 Å². The molecule has 2 amide bonds. The second-order valence-corrected chi connectivity index (χ2v) is 8.92. The van der Waals surface area contributed by atoms with Crippen LogP contribution in [0.2, 0.25) is 0 Å². The highest BCUT2D eigenvalue weighted by Crippen LogP contribution is 2.18. The van der Waals surface area contributed by atoms with Gasteiger partial charge in [0.2, 0.25) is 0 Å². The smallest absolute Gasteiger partial charge is 0.446 e. The van der Waals surface area contributed by atoms with Gasteiger partial charge < -0.3 is 29.2 Å². The molecule has 0 spiro atoms. The van der Waals surface area contributed by atoms with Gasteiger partial charge in [0.15, 0.2) is 0 Å². The maximum Gasteiger partial charge on any atom is 0.513 e. The molecule has 0 saturated carbocycles. The molecule has 1 heterocycles. The number of amides is 2. The average molecular weight is 544 g/mol. The maximum absolute atomic E-state index is 12.2. The van der Waals surface area contributed by atoms with Gasteiger partial charge in [-0.25, -0.2) is 14.4 Å². The molecule has 12 nitrogen and oxygen atoms in total. The van der Waals surface area contributed by atoms with Gasteiger partial charge in [0, 0.05) is 44.6 Å². The van der Waals surface area contributed by atoms with E-state index in [1.165, 1.54) is 24.3 Å². The summed E-state index contributed by atoms with van der Waals surface area (Å²) in [7, 11) is 0. The van der Waals surface area contributed by atoms with E-state index in [2.05, 4.69) is 5.32 Å². The number of carbonyl (C=O) groups excluding carboxylic acids is 3. The first kappa shape index (κ1) is 29.2. The standard InChI is InChI=1S/C27H33N3O9/c31-25(38-24-14-17-29(18-15-24)26(32)37-20-21-8-4-3-5-9-21)28-16-6-1-2-7-19-36-27(33)39-23-12-10-22(11-13-23)30(34)35/h3-5,8-13,24H,1-2,6-7,14-20H2,(H,28,31). The Labute approximate surface area is 226 Å². The van der Waals surface area contributed by atoms with E-state index >= 15 is 0 Å². The lowest BCUT2D eigenvalue weighted by molar-refractivity contribution is -0.384. The number of nitro benzene ring substituents is 1. The van der Waals surface area contributed by atoms with Crippen LogP contribution in [0.3, 0.4) is 0 Å². The Kier molecular flexibility index (Phi) is 11.8. The summed E-state index contributed by atoms with van der Waals surface area (Å²) in [6, 6.07) is 14.6. The molecule has 3 rings (SSSR count). The van der Waals surface area contributed by atoms with Gasteiger partial charge in [0.25, 0.3) is 5.69 Å². The van der Waals surface area contributed by atoms with Gasteiger partial charge in [0.1, 0.15) is 18.5 Å². The molecular weight excluding hydrogens is 510 g/mol. The Balaban J connectivity index is 1.16. The molecule has 12 heteroatoms. The molecule has 0 bridgehead atoms. The molecule has 0 atom stereocenters. The highest BCUT2D eigenvalue weighted by Gasteiger charge is 2.26. The third kappa shape index (κ3) is 10.9. The predicted molar refractivity (Wildman–Crippen MR) is 139 cm³/mol. The Morgan fingerprint density at radius 3 is 2.31 bits per heavy atom. The largest absolute Gasteiger partial charge is 0.513 e. The number of rotatable bonds is 12. The zero-order chi connectivity index (χ0) is 27.9. The first-order chi connectivity index (χ1) is 18.9. The topological polar surface area (TPSA) is 147 Å². The lowest BCUT2D eigenvalue weighted by Crippen LogP contribution is -2.42. The first-order valence-corrected chi connectivity index (χ1v) is 12.9. The van der Waals surface area contributed by atoms with E-state index in [1.807, 2.05) is 30.3 Å². The number of carbonyl (C=O) groups is 3. The van der Waals surface area contributed by atoms with E-state index in [1.54, 1.807) is 4.90 Å². The van der Waals surface area contributed by atoms with Gasteiger partial charge in [-0.1, -0.05) is 36.8 Å². The number of alkyl carbamates (subject to hydrolysis) is 1. The molecule has 1 aliphatic heterocycles. The number of nitrogens with zero attached hydrogens (tertiary/aromatic N) is 2. The number of nitrogens with one attached hydrogen (secondary N) is 1. The molecule has 1 aliphatic rings. The lowest BCUT2D eigenvalue weighted by atomic mass is 10.1.